The van der Waals surface area contributed by atoms with Crippen LogP contribution in [-0.4, -0.2) is 64.1 Å². The molecule has 2 aromatic heterocycles. The number of thiazole rings is 1. The van der Waals surface area contributed by atoms with Crippen LogP contribution in [0.15, 0.2) is 58.4 Å². The van der Waals surface area contributed by atoms with E-state index in [0.29, 0.717) is 37.8 Å². The summed E-state index contributed by atoms with van der Waals surface area (Å²) in [5, 5.41) is 7.04. The van der Waals surface area contributed by atoms with Gasteiger partial charge in [0.15, 0.2) is 0 Å². The Bertz CT molecular complexity index is 1280. The van der Waals surface area contributed by atoms with Gasteiger partial charge in [0.1, 0.15) is 10.8 Å². The zero-order chi connectivity index (χ0) is 24.2. The van der Waals surface area contributed by atoms with Crippen LogP contribution in [-0.2, 0) is 17.8 Å². The molecule has 8 nitrogen and oxygen atoms in total. The smallest absolute Gasteiger partial charge is 0.241 e. The highest BCUT2D eigenvalue weighted by molar-refractivity contribution is 7.13. The number of nitrogens with zero attached hydrogens (tertiary/aromatic N) is 5. The fourth-order valence-corrected chi connectivity index (χ4v) is 4.83. The summed E-state index contributed by atoms with van der Waals surface area (Å²) in [6.45, 7) is 5.50. The highest BCUT2D eigenvalue weighted by Crippen LogP contribution is 2.25. The van der Waals surface area contributed by atoms with Crippen molar-refractivity contribution in [3.8, 4) is 27.7 Å². The summed E-state index contributed by atoms with van der Waals surface area (Å²) < 4.78 is 10.6. The lowest BCUT2D eigenvalue weighted by Gasteiger charge is -2.33. The fourth-order valence-electron chi connectivity index (χ4n) is 4.01. The van der Waals surface area contributed by atoms with Gasteiger partial charge in [-0.3, -0.25) is 9.69 Å². The highest BCUT2D eigenvalue weighted by Gasteiger charge is 2.23. The first-order valence-electron chi connectivity index (χ1n) is 11.6. The van der Waals surface area contributed by atoms with Crippen LogP contribution < -0.4 is 4.74 Å². The number of hydrogen-bond donors (Lipinski definition) is 0. The minimum absolute atomic E-state index is 0.116. The molecule has 1 aliphatic heterocycles. The van der Waals surface area contributed by atoms with E-state index in [1.54, 1.807) is 18.4 Å². The predicted octanol–water partition coefficient (Wildman–Crippen LogP) is 4.06. The maximum Gasteiger partial charge on any atom is 0.241 e. The first-order chi connectivity index (χ1) is 17.1. The first-order valence-corrected chi connectivity index (χ1v) is 12.4. The molecule has 2 aromatic carbocycles. The van der Waals surface area contributed by atoms with Crippen molar-refractivity contribution in [2.45, 2.75) is 19.9 Å². The number of methoxy groups -OCH3 is 1. The van der Waals surface area contributed by atoms with Crippen molar-refractivity contribution in [1.29, 1.82) is 0 Å². The van der Waals surface area contributed by atoms with E-state index in [4.69, 9.17) is 9.26 Å². The van der Waals surface area contributed by atoms with Crippen molar-refractivity contribution in [2.75, 3.05) is 33.3 Å². The highest BCUT2D eigenvalue weighted by atomic mass is 32.1. The summed E-state index contributed by atoms with van der Waals surface area (Å²) in [6, 6.07) is 15.9. The molecule has 35 heavy (non-hydrogen) atoms. The van der Waals surface area contributed by atoms with Gasteiger partial charge in [-0.1, -0.05) is 35.0 Å². The van der Waals surface area contributed by atoms with Gasteiger partial charge in [0.2, 0.25) is 17.6 Å². The van der Waals surface area contributed by atoms with E-state index in [1.807, 2.05) is 34.5 Å². The fraction of sp³-hybridized carbons (Fsp3) is 0.308. The Hall–Kier alpha value is -3.56. The first kappa shape index (κ1) is 23.2. The van der Waals surface area contributed by atoms with Gasteiger partial charge in [-0.15, -0.1) is 11.3 Å². The third kappa shape index (κ3) is 5.58. The largest absolute Gasteiger partial charge is 0.497 e. The van der Waals surface area contributed by atoms with Crippen molar-refractivity contribution in [2.24, 2.45) is 0 Å². The Kier molecular flexibility index (Phi) is 6.87. The molecule has 1 amide bonds. The zero-order valence-electron chi connectivity index (χ0n) is 19.8. The van der Waals surface area contributed by atoms with Crippen LogP contribution in [0.25, 0.3) is 22.0 Å². The molecule has 0 aliphatic carbocycles. The number of piperazine rings is 1. The van der Waals surface area contributed by atoms with E-state index >= 15 is 0 Å². The summed E-state index contributed by atoms with van der Waals surface area (Å²) in [5.41, 5.74) is 4.01. The SMILES string of the molecule is COc1ccc(-c2noc(CN3CCN(C(=O)Cc4csc(-c5ccc(C)cc5)n4)CC3)n2)cc1. The molecule has 0 bridgehead atoms. The van der Waals surface area contributed by atoms with Gasteiger partial charge in [-0.2, -0.15) is 4.98 Å². The van der Waals surface area contributed by atoms with Crippen LogP contribution in [0.3, 0.4) is 0 Å². The number of aryl methyl sites for hydroxylation is 1. The number of ether oxygens (including phenoxy) is 1. The maximum atomic E-state index is 12.9. The lowest BCUT2D eigenvalue weighted by Crippen LogP contribution is -2.48. The van der Waals surface area contributed by atoms with Gasteiger partial charge < -0.3 is 14.2 Å². The van der Waals surface area contributed by atoms with Crippen molar-refractivity contribution < 1.29 is 14.1 Å². The Morgan fingerprint density at radius 1 is 1.00 bits per heavy atom. The number of carbonyl (C=O) groups is 1. The summed E-state index contributed by atoms with van der Waals surface area (Å²) in [5.74, 6) is 2.03. The third-order valence-electron chi connectivity index (χ3n) is 6.08. The number of rotatable bonds is 7. The van der Waals surface area contributed by atoms with E-state index in [9.17, 15) is 4.79 Å². The van der Waals surface area contributed by atoms with Crippen molar-refractivity contribution in [3.05, 3.63) is 71.1 Å². The van der Waals surface area contributed by atoms with Gasteiger partial charge in [0.25, 0.3) is 0 Å². The molecule has 1 saturated heterocycles. The molecule has 1 aliphatic rings. The van der Waals surface area contributed by atoms with E-state index in [0.717, 1.165) is 40.7 Å². The van der Waals surface area contributed by atoms with E-state index < -0.39 is 0 Å². The summed E-state index contributed by atoms with van der Waals surface area (Å²) in [7, 11) is 1.64. The average Bonchev–Trinajstić information content (AvgIpc) is 3.55. The summed E-state index contributed by atoms with van der Waals surface area (Å²) in [6.07, 6.45) is 0.331. The normalized spacial score (nSPS) is 14.3. The maximum absolute atomic E-state index is 12.9. The molecule has 0 spiro atoms. The molecule has 0 N–H and O–H groups in total. The lowest BCUT2D eigenvalue weighted by atomic mass is 10.2. The van der Waals surface area contributed by atoms with E-state index in [-0.39, 0.29) is 5.91 Å². The van der Waals surface area contributed by atoms with Gasteiger partial charge >= 0.3 is 0 Å². The Morgan fingerprint density at radius 2 is 1.71 bits per heavy atom. The zero-order valence-corrected chi connectivity index (χ0v) is 20.6. The molecular weight excluding hydrogens is 462 g/mol. The average molecular weight is 490 g/mol. The van der Waals surface area contributed by atoms with Crippen molar-refractivity contribution >= 4 is 17.2 Å². The molecule has 0 radical (unpaired) electrons. The second-order valence-corrected chi connectivity index (χ2v) is 9.44. The Balaban J connectivity index is 1.11. The Labute approximate surface area is 208 Å². The van der Waals surface area contributed by atoms with E-state index in [1.165, 1.54) is 5.56 Å². The number of amides is 1. The molecular formula is C26H27N5O3S. The standard InChI is InChI=1S/C26H27N5O3S/c1-18-3-5-20(6-4-18)26-27-21(17-35-26)15-24(32)31-13-11-30(12-14-31)16-23-28-25(29-34-23)19-7-9-22(33-2)10-8-19/h3-10,17H,11-16H2,1-2H3. The second kappa shape index (κ2) is 10.4. The van der Waals surface area contributed by atoms with Crippen LogP contribution in [0.4, 0.5) is 0 Å². The van der Waals surface area contributed by atoms with Crippen LogP contribution in [0.5, 0.6) is 5.75 Å². The van der Waals surface area contributed by atoms with Crippen LogP contribution in [0.1, 0.15) is 17.1 Å². The number of hydrogen-bond acceptors (Lipinski definition) is 8. The van der Waals surface area contributed by atoms with Gasteiger partial charge in [0, 0.05) is 42.7 Å². The molecule has 5 rings (SSSR count). The van der Waals surface area contributed by atoms with Crippen LogP contribution in [0, 0.1) is 6.92 Å². The van der Waals surface area contributed by atoms with Gasteiger partial charge in [0.05, 0.1) is 25.8 Å². The molecule has 0 unspecified atom stereocenters. The number of carbonyl (C=O) groups excluding carboxylic acids is 1. The van der Waals surface area contributed by atoms with Gasteiger partial charge in [-0.25, -0.2) is 4.98 Å². The van der Waals surface area contributed by atoms with Crippen LogP contribution >= 0.6 is 11.3 Å². The minimum atomic E-state index is 0.116. The van der Waals surface area contributed by atoms with Crippen molar-refractivity contribution in [3.63, 3.8) is 0 Å². The molecule has 9 heteroatoms. The Morgan fingerprint density at radius 3 is 2.43 bits per heavy atom. The van der Waals surface area contributed by atoms with Crippen LogP contribution in [0.2, 0.25) is 0 Å². The summed E-state index contributed by atoms with van der Waals surface area (Å²) >= 11 is 1.58. The van der Waals surface area contributed by atoms with E-state index in [2.05, 4.69) is 51.2 Å². The molecule has 4 aromatic rings. The quantitative estimate of drug-likeness (QED) is 0.387. The second-order valence-electron chi connectivity index (χ2n) is 8.58. The molecule has 1 fully saturated rings. The monoisotopic (exact) mass is 489 g/mol. The molecule has 0 atom stereocenters. The minimum Gasteiger partial charge on any atom is -0.497 e. The molecule has 3 heterocycles. The topological polar surface area (TPSA) is 84.6 Å². The number of benzene rings is 2. The predicted molar refractivity (Wildman–Crippen MR) is 134 cm³/mol. The summed E-state index contributed by atoms with van der Waals surface area (Å²) in [4.78, 5) is 26.2. The van der Waals surface area contributed by atoms with Crippen molar-refractivity contribution in [1.82, 2.24) is 24.9 Å². The molecule has 180 valence electrons. The third-order valence-corrected chi connectivity index (χ3v) is 7.02. The van der Waals surface area contributed by atoms with Gasteiger partial charge in [-0.05, 0) is 31.2 Å². The lowest BCUT2D eigenvalue weighted by molar-refractivity contribution is -0.132. The molecule has 0 saturated carbocycles. The number of aromatic nitrogens is 3.